The lowest BCUT2D eigenvalue weighted by atomic mass is 9.65. The summed E-state index contributed by atoms with van der Waals surface area (Å²) < 4.78 is 5.60. The maximum Gasteiger partial charge on any atom is 0.312 e. The Labute approximate surface area is 141 Å². The van der Waals surface area contributed by atoms with Gasteiger partial charge in [0.25, 0.3) is 0 Å². The molecule has 1 aliphatic carbocycles. The molecule has 1 saturated carbocycles. The number of hydrogen-bond acceptors (Lipinski definition) is 6. The van der Waals surface area contributed by atoms with Gasteiger partial charge in [0.1, 0.15) is 11.1 Å². The maximum absolute atomic E-state index is 12.7. The third-order valence-corrected chi connectivity index (χ3v) is 5.59. The van der Waals surface area contributed by atoms with Crippen LogP contribution in [0.25, 0.3) is 0 Å². The zero-order valence-electron chi connectivity index (χ0n) is 14.6. The average Bonchev–Trinajstić information content (AvgIpc) is 2.96. The van der Waals surface area contributed by atoms with Gasteiger partial charge in [-0.1, -0.05) is 25.2 Å². The minimum Gasteiger partial charge on any atom is -0.460 e. The van der Waals surface area contributed by atoms with Gasteiger partial charge in [-0.3, -0.25) is 9.59 Å². The van der Waals surface area contributed by atoms with Crippen molar-refractivity contribution in [1.29, 1.82) is 0 Å². The molecule has 1 N–H and O–H groups in total. The molecular weight excluding hydrogens is 314 g/mol. The van der Waals surface area contributed by atoms with Crippen LogP contribution in [-0.4, -0.2) is 27.7 Å². The molecule has 2 rings (SSSR count). The van der Waals surface area contributed by atoms with Gasteiger partial charge in [-0.2, -0.15) is 0 Å². The van der Waals surface area contributed by atoms with Crippen molar-refractivity contribution in [3.05, 3.63) is 5.51 Å². The van der Waals surface area contributed by atoms with Crippen LogP contribution in [-0.2, 0) is 14.3 Å². The molecule has 0 unspecified atom stereocenters. The molecule has 1 heterocycles. The average molecular weight is 339 g/mol. The van der Waals surface area contributed by atoms with Crippen molar-refractivity contribution in [2.24, 2.45) is 16.7 Å². The van der Waals surface area contributed by atoms with Crippen molar-refractivity contribution in [3.8, 4) is 0 Å². The fourth-order valence-electron chi connectivity index (χ4n) is 3.14. The number of aromatic nitrogens is 2. The Bertz CT molecular complexity index is 592. The Kier molecular flexibility index (Phi) is 4.54. The first-order valence-electron chi connectivity index (χ1n) is 7.78. The molecule has 0 aromatic carbocycles. The van der Waals surface area contributed by atoms with Crippen LogP contribution in [0.2, 0.25) is 0 Å². The highest BCUT2D eigenvalue weighted by atomic mass is 32.1. The third kappa shape index (κ3) is 3.39. The van der Waals surface area contributed by atoms with Crippen molar-refractivity contribution in [3.63, 3.8) is 0 Å². The molecule has 1 aliphatic rings. The van der Waals surface area contributed by atoms with Crippen LogP contribution in [0.3, 0.4) is 0 Å². The molecule has 23 heavy (non-hydrogen) atoms. The van der Waals surface area contributed by atoms with Gasteiger partial charge in [0.15, 0.2) is 0 Å². The summed E-state index contributed by atoms with van der Waals surface area (Å²) in [6.45, 7) is 11.4. The Morgan fingerprint density at radius 2 is 2.00 bits per heavy atom. The van der Waals surface area contributed by atoms with E-state index in [-0.39, 0.29) is 17.8 Å². The largest absolute Gasteiger partial charge is 0.460 e. The number of hydrogen-bond donors (Lipinski definition) is 1. The van der Waals surface area contributed by atoms with E-state index in [4.69, 9.17) is 4.74 Å². The number of rotatable bonds is 3. The molecular formula is C16H25N3O3S. The minimum atomic E-state index is -0.691. The third-order valence-electron chi connectivity index (χ3n) is 4.98. The number of anilines is 1. The lowest BCUT2D eigenvalue weighted by Gasteiger charge is -2.40. The molecule has 128 valence electrons. The summed E-state index contributed by atoms with van der Waals surface area (Å²) in [6, 6.07) is 0. The molecule has 0 bridgehead atoms. The van der Waals surface area contributed by atoms with Gasteiger partial charge < -0.3 is 10.1 Å². The van der Waals surface area contributed by atoms with Crippen LogP contribution < -0.4 is 5.32 Å². The number of nitrogens with zero attached hydrogens (tertiary/aromatic N) is 2. The highest BCUT2D eigenvalue weighted by Gasteiger charge is 2.59. The Morgan fingerprint density at radius 1 is 1.35 bits per heavy atom. The first-order chi connectivity index (χ1) is 10.5. The Morgan fingerprint density at radius 3 is 2.52 bits per heavy atom. The summed E-state index contributed by atoms with van der Waals surface area (Å²) in [7, 11) is 0. The van der Waals surface area contributed by atoms with Gasteiger partial charge in [0.2, 0.25) is 11.0 Å². The molecule has 2 atom stereocenters. The van der Waals surface area contributed by atoms with Crippen molar-refractivity contribution in [2.45, 2.75) is 60.0 Å². The smallest absolute Gasteiger partial charge is 0.312 e. The van der Waals surface area contributed by atoms with Crippen LogP contribution in [0.5, 0.6) is 0 Å². The van der Waals surface area contributed by atoms with Gasteiger partial charge in [0, 0.05) is 5.92 Å². The zero-order chi connectivity index (χ0) is 17.5. The van der Waals surface area contributed by atoms with E-state index in [1.807, 2.05) is 41.5 Å². The predicted octanol–water partition coefficient (Wildman–Crippen LogP) is 3.26. The monoisotopic (exact) mass is 339 g/mol. The van der Waals surface area contributed by atoms with Crippen LogP contribution in [0.15, 0.2) is 5.51 Å². The van der Waals surface area contributed by atoms with Gasteiger partial charge in [-0.15, -0.1) is 10.2 Å². The van der Waals surface area contributed by atoms with Crippen molar-refractivity contribution >= 4 is 28.3 Å². The van der Waals surface area contributed by atoms with E-state index in [9.17, 15) is 9.59 Å². The molecule has 0 radical (unpaired) electrons. The number of carbonyl (C=O) groups excluding carboxylic acids is 2. The second-order valence-corrected chi connectivity index (χ2v) is 8.71. The van der Waals surface area contributed by atoms with Crippen molar-refractivity contribution in [1.82, 2.24) is 10.2 Å². The van der Waals surface area contributed by atoms with E-state index in [0.29, 0.717) is 18.0 Å². The fourth-order valence-corrected chi connectivity index (χ4v) is 3.58. The summed E-state index contributed by atoms with van der Waals surface area (Å²) in [5.41, 5.74) is -0.170. The standard InChI is InChI=1S/C16H25N3O3S/c1-14(2,3)22-12(21)16(6)8-7-10(15(16,4)5)11(20)18-13-19-17-9-23-13/h9-10H,7-8H2,1-6H3,(H,18,19,20)/t10-,16+/m1/s1. The second-order valence-electron chi connectivity index (χ2n) is 7.88. The highest BCUT2D eigenvalue weighted by Crippen LogP contribution is 2.57. The Hall–Kier alpha value is -1.50. The molecule has 0 aliphatic heterocycles. The van der Waals surface area contributed by atoms with Crippen LogP contribution in [0.1, 0.15) is 54.4 Å². The summed E-state index contributed by atoms with van der Waals surface area (Å²) in [5, 5.41) is 10.8. The van der Waals surface area contributed by atoms with E-state index >= 15 is 0 Å². The van der Waals surface area contributed by atoms with Crippen LogP contribution in [0.4, 0.5) is 5.13 Å². The summed E-state index contributed by atoms with van der Waals surface area (Å²) in [4.78, 5) is 25.3. The molecule has 1 fully saturated rings. The molecule has 6 nitrogen and oxygen atoms in total. The molecule has 1 aromatic heterocycles. The zero-order valence-corrected chi connectivity index (χ0v) is 15.4. The van der Waals surface area contributed by atoms with Crippen molar-refractivity contribution in [2.75, 3.05) is 5.32 Å². The van der Waals surface area contributed by atoms with E-state index in [0.717, 1.165) is 0 Å². The lowest BCUT2D eigenvalue weighted by Crippen LogP contribution is -2.46. The SMILES string of the molecule is CC(C)(C)OC(=O)[C@]1(C)CC[C@H](C(=O)Nc2nncs2)C1(C)C. The molecule has 0 spiro atoms. The fraction of sp³-hybridized carbons (Fsp3) is 0.750. The number of esters is 1. The van der Waals surface area contributed by atoms with E-state index in [1.165, 1.54) is 11.3 Å². The first-order valence-corrected chi connectivity index (χ1v) is 8.66. The molecule has 0 saturated heterocycles. The predicted molar refractivity (Wildman–Crippen MR) is 89.0 cm³/mol. The molecule has 1 amide bonds. The van der Waals surface area contributed by atoms with Gasteiger partial charge in [-0.05, 0) is 46.0 Å². The number of carbonyl (C=O) groups is 2. The number of amides is 1. The molecule has 1 aromatic rings. The topological polar surface area (TPSA) is 81.2 Å². The first kappa shape index (κ1) is 17.8. The molecule has 7 heteroatoms. The summed E-state index contributed by atoms with van der Waals surface area (Å²) >= 11 is 1.28. The lowest BCUT2D eigenvalue weighted by molar-refractivity contribution is -0.173. The second kappa shape index (κ2) is 5.85. The maximum atomic E-state index is 12.7. The van der Waals surface area contributed by atoms with E-state index < -0.39 is 16.4 Å². The van der Waals surface area contributed by atoms with Crippen molar-refractivity contribution < 1.29 is 14.3 Å². The minimum absolute atomic E-state index is 0.112. The van der Waals surface area contributed by atoms with Gasteiger partial charge in [-0.25, -0.2) is 0 Å². The normalized spacial score (nSPS) is 26.8. The Balaban J connectivity index is 2.17. The van der Waals surface area contributed by atoms with Crippen LogP contribution in [0, 0.1) is 16.7 Å². The highest BCUT2D eigenvalue weighted by molar-refractivity contribution is 7.13. The van der Waals surface area contributed by atoms with E-state index in [2.05, 4.69) is 15.5 Å². The van der Waals surface area contributed by atoms with Crippen LogP contribution >= 0.6 is 11.3 Å². The summed E-state index contributed by atoms with van der Waals surface area (Å²) in [6.07, 6.45) is 1.27. The quantitative estimate of drug-likeness (QED) is 0.855. The number of ether oxygens (including phenoxy) is 1. The van der Waals surface area contributed by atoms with E-state index in [1.54, 1.807) is 5.51 Å². The summed E-state index contributed by atoms with van der Waals surface area (Å²) in [5.74, 6) is -0.621. The van der Waals surface area contributed by atoms with Gasteiger partial charge in [0.05, 0.1) is 5.41 Å². The van der Waals surface area contributed by atoms with Gasteiger partial charge >= 0.3 is 5.97 Å². The number of nitrogens with one attached hydrogen (secondary N) is 1.